The number of alkyl carbamates (subject to hydrolysis) is 1. The average molecular weight is 343 g/mol. The van der Waals surface area contributed by atoms with E-state index in [0.29, 0.717) is 0 Å². The molecule has 0 saturated carbocycles. The highest BCUT2D eigenvalue weighted by atomic mass is 16.6. The van der Waals surface area contributed by atoms with Crippen molar-refractivity contribution < 1.29 is 24.2 Å². The number of carbonyl (C=O) groups excluding carboxylic acids is 2. The molecule has 2 N–H and O–H groups in total. The molecule has 0 aliphatic carbocycles. The van der Waals surface area contributed by atoms with Crippen molar-refractivity contribution in [3.8, 4) is 5.75 Å². The monoisotopic (exact) mass is 343 g/mol. The summed E-state index contributed by atoms with van der Waals surface area (Å²) in [5, 5.41) is 11.8. The number of nitrogens with one attached hydrogen (secondary N) is 1. The van der Waals surface area contributed by atoms with Crippen LogP contribution in [0.2, 0.25) is 0 Å². The van der Waals surface area contributed by atoms with E-state index in [9.17, 15) is 14.7 Å². The number of carbonyl (C=O) groups is 2. The van der Waals surface area contributed by atoms with Gasteiger partial charge in [0, 0.05) is 6.42 Å². The molecule has 1 atom stereocenters. The SMILES string of the molecule is COC(=O)C(Cc1ccc(O)cc1)NC(=O)OCc1ccc(C)cc1. The Hall–Kier alpha value is -3.02. The number of aromatic hydroxyl groups is 1. The number of hydrogen-bond acceptors (Lipinski definition) is 5. The lowest BCUT2D eigenvalue weighted by atomic mass is 10.1. The molecular weight excluding hydrogens is 322 g/mol. The highest BCUT2D eigenvalue weighted by Crippen LogP contribution is 2.12. The molecule has 1 amide bonds. The molecule has 0 aliphatic rings. The van der Waals surface area contributed by atoms with Gasteiger partial charge in [-0.2, -0.15) is 0 Å². The third kappa shape index (κ3) is 5.84. The smallest absolute Gasteiger partial charge is 0.408 e. The number of rotatable bonds is 6. The first-order valence-electron chi connectivity index (χ1n) is 7.82. The fourth-order valence-corrected chi connectivity index (χ4v) is 2.22. The molecular formula is C19H21NO5. The van der Waals surface area contributed by atoms with Crippen LogP contribution in [0.4, 0.5) is 4.79 Å². The normalized spacial score (nSPS) is 11.4. The van der Waals surface area contributed by atoms with Crippen molar-refractivity contribution in [2.75, 3.05) is 7.11 Å². The van der Waals surface area contributed by atoms with E-state index in [1.165, 1.54) is 19.2 Å². The van der Waals surface area contributed by atoms with Gasteiger partial charge in [0.1, 0.15) is 18.4 Å². The van der Waals surface area contributed by atoms with Gasteiger partial charge in [-0.05, 0) is 30.2 Å². The topological polar surface area (TPSA) is 84.9 Å². The number of benzene rings is 2. The van der Waals surface area contributed by atoms with Gasteiger partial charge in [-0.25, -0.2) is 9.59 Å². The zero-order chi connectivity index (χ0) is 18.2. The van der Waals surface area contributed by atoms with Gasteiger partial charge in [0.05, 0.1) is 7.11 Å². The Bertz CT molecular complexity index is 710. The molecule has 2 aromatic rings. The van der Waals surface area contributed by atoms with E-state index < -0.39 is 18.1 Å². The Kier molecular flexibility index (Phi) is 6.39. The number of methoxy groups -OCH3 is 1. The van der Waals surface area contributed by atoms with Crippen molar-refractivity contribution in [2.45, 2.75) is 26.0 Å². The number of aryl methyl sites for hydroxylation is 1. The largest absolute Gasteiger partial charge is 0.508 e. The molecule has 0 aromatic heterocycles. The number of amides is 1. The number of phenolic OH excluding ortho intramolecular Hbond substituents is 1. The van der Waals surface area contributed by atoms with E-state index >= 15 is 0 Å². The van der Waals surface area contributed by atoms with E-state index in [1.807, 2.05) is 31.2 Å². The number of phenols is 1. The summed E-state index contributed by atoms with van der Waals surface area (Å²) in [6, 6.07) is 13.1. The summed E-state index contributed by atoms with van der Waals surface area (Å²) in [6.07, 6.45) is -0.471. The van der Waals surface area contributed by atoms with Gasteiger partial charge in [0.25, 0.3) is 0 Å². The van der Waals surface area contributed by atoms with Crippen molar-refractivity contribution in [3.63, 3.8) is 0 Å². The van der Waals surface area contributed by atoms with Gasteiger partial charge in [-0.3, -0.25) is 0 Å². The van der Waals surface area contributed by atoms with Crippen LogP contribution in [0, 0.1) is 6.92 Å². The lowest BCUT2D eigenvalue weighted by molar-refractivity contribution is -0.143. The fraction of sp³-hybridized carbons (Fsp3) is 0.263. The van der Waals surface area contributed by atoms with Crippen molar-refractivity contribution in [3.05, 3.63) is 65.2 Å². The molecule has 6 heteroatoms. The van der Waals surface area contributed by atoms with Gasteiger partial charge < -0.3 is 19.9 Å². The molecule has 0 aliphatic heterocycles. The van der Waals surface area contributed by atoms with Crippen LogP contribution in [0.1, 0.15) is 16.7 Å². The van der Waals surface area contributed by atoms with Crippen LogP contribution < -0.4 is 5.32 Å². The molecule has 1 unspecified atom stereocenters. The predicted octanol–water partition coefficient (Wildman–Crippen LogP) is 2.71. The van der Waals surface area contributed by atoms with Crippen molar-refractivity contribution in [2.24, 2.45) is 0 Å². The zero-order valence-electron chi connectivity index (χ0n) is 14.2. The Morgan fingerprint density at radius 1 is 1.04 bits per heavy atom. The molecule has 0 bridgehead atoms. The van der Waals surface area contributed by atoms with Crippen molar-refractivity contribution >= 4 is 12.1 Å². The first-order chi connectivity index (χ1) is 12.0. The Labute approximate surface area is 146 Å². The zero-order valence-corrected chi connectivity index (χ0v) is 14.2. The third-order valence-electron chi connectivity index (χ3n) is 3.64. The molecule has 6 nitrogen and oxygen atoms in total. The summed E-state index contributed by atoms with van der Waals surface area (Å²) < 4.78 is 9.88. The van der Waals surface area contributed by atoms with Crippen LogP contribution in [0.25, 0.3) is 0 Å². The van der Waals surface area contributed by atoms with Crippen LogP contribution in [-0.2, 0) is 27.3 Å². The predicted molar refractivity (Wildman–Crippen MR) is 92.1 cm³/mol. The minimum absolute atomic E-state index is 0.110. The number of hydrogen-bond donors (Lipinski definition) is 2. The summed E-state index contributed by atoms with van der Waals surface area (Å²) in [4.78, 5) is 23.9. The van der Waals surface area contributed by atoms with E-state index in [0.717, 1.165) is 16.7 Å². The van der Waals surface area contributed by atoms with E-state index in [-0.39, 0.29) is 18.8 Å². The van der Waals surface area contributed by atoms with Crippen LogP contribution >= 0.6 is 0 Å². The second kappa shape index (κ2) is 8.73. The van der Waals surface area contributed by atoms with Crippen LogP contribution in [0.15, 0.2) is 48.5 Å². The highest BCUT2D eigenvalue weighted by molar-refractivity contribution is 5.81. The van der Waals surface area contributed by atoms with Crippen LogP contribution in [0.3, 0.4) is 0 Å². The lowest BCUT2D eigenvalue weighted by Crippen LogP contribution is -2.43. The van der Waals surface area contributed by atoms with Gasteiger partial charge >= 0.3 is 12.1 Å². The minimum Gasteiger partial charge on any atom is -0.508 e. The van der Waals surface area contributed by atoms with E-state index in [4.69, 9.17) is 9.47 Å². The maximum atomic E-state index is 12.0. The summed E-state index contributed by atoms with van der Waals surface area (Å²) >= 11 is 0. The van der Waals surface area contributed by atoms with Crippen molar-refractivity contribution in [1.29, 1.82) is 0 Å². The van der Waals surface area contributed by atoms with E-state index in [1.54, 1.807) is 12.1 Å². The molecule has 0 spiro atoms. The fourth-order valence-electron chi connectivity index (χ4n) is 2.22. The molecule has 0 fully saturated rings. The Balaban J connectivity index is 1.93. The lowest BCUT2D eigenvalue weighted by Gasteiger charge is -2.16. The summed E-state index contributed by atoms with van der Waals surface area (Å²) in [7, 11) is 1.26. The maximum Gasteiger partial charge on any atom is 0.408 e. The summed E-state index contributed by atoms with van der Waals surface area (Å²) in [6.45, 7) is 2.08. The molecule has 2 aromatic carbocycles. The van der Waals surface area contributed by atoms with Crippen molar-refractivity contribution in [1.82, 2.24) is 5.32 Å². The number of esters is 1. The Morgan fingerprint density at radius 2 is 1.64 bits per heavy atom. The first kappa shape index (κ1) is 18.3. The third-order valence-corrected chi connectivity index (χ3v) is 3.64. The molecule has 132 valence electrons. The molecule has 0 radical (unpaired) electrons. The standard InChI is InChI=1S/C19H21NO5/c1-13-3-5-15(6-4-13)12-25-19(23)20-17(18(22)24-2)11-14-7-9-16(21)10-8-14/h3-10,17,21H,11-12H2,1-2H3,(H,20,23). The second-order valence-corrected chi connectivity index (χ2v) is 5.65. The van der Waals surface area contributed by atoms with E-state index in [2.05, 4.69) is 5.32 Å². The van der Waals surface area contributed by atoms with Crippen LogP contribution in [-0.4, -0.2) is 30.3 Å². The minimum atomic E-state index is -0.875. The summed E-state index contributed by atoms with van der Waals surface area (Å²) in [5.41, 5.74) is 2.74. The molecule has 2 rings (SSSR count). The first-order valence-corrected chi connectivity index (χ1v) is 7.82. The second-order valence-electron chi connectivity index (χ2n) is 5.65. The quantitative estimate of drug-likeness (QED) is 0.788. The maximum absolute atomic E-state index is 12.0. The molecule has 0 heterocycles. The van der Waals surface area contributed by atoms with Gasteiger partial charge in [-0.1, -0.05) is 42.0 Å². The summed E-state index contributed by atoms with van der Waals surface area (Å²) in [5.74, 6) is -0.441. The number of ether oxygens (including phenoxy) is 2. The molecule has 0 saturated heterocycles. The Morgan fingerprint density at radius 3 is 2.24 bits per heavy atom. The highest BCUT2D eigenvalue weighted by Gasteiger charge is 2.22. The van der Waals surface area contributed by atoms with Gasteiger partial charge in [0.2, 0.25) is 0 Å². The average Bonchev–Trinajstić information content (AvgIpc) is 2.62. The van der Waals surface area contributed by atoms with Crippen LogP contribution in [0.5, 0.6) is 5.75 Å². The molecule has 25 heavy (non-hydrogen) atoms. The van der Waals surface area contributed by atoms with Gasteiger partial charge in [0.15, 0.2) is 0 Å². The van der Waals surface area contributed by atoms with Gasteiger partial charge in [-0.15, -0.1) is 0 Å².